The lowest BCUT2D eigenvalue weighted by Gasteiger charge is -2.09. The van der Waals surface area contributed by atoms with Crippen molar-refractivity contribution in [3.63, 3.8) is 0 Å². The molecule has 1 atom stereocenters. The van der Waals surface area contributed by atoms with Crippen LogP contribution in [0.1, 0.15) is 32.1 Å². The number of hydrogen-bond acceptors (Lipinski definition) is 1. The Kier molecular flexibility index (Phi) is 8.26. The number of unbranched alkanes of at least 4 members (excludes halogenated alkanes) is 2. The second-order valence-corrected chi connectivity index (χ2v) is 3.86. The second-order valence-electron chi connectivity index (χ2n) is 2.72. The molecule has 65 valence electrons. The SMILES string of the molecule is [CH2]CC(CCCCC=C)SC. The van der Waals surface area contributed by atoms with Crippen molar-refractivity contribution in [1.29, 1.82) is 0 Å². The summed E-state index contributed by atoms with van der Waals surface area (Å²) in [5.74, 6) is 0. The third-order valence-corrected chi connectivity index (χ3v) is 2.98. The minimum Gasteiger partial charge on any atom is -0.162 e. The summed E-state index contributed by atoms with van der Waals surface area (Å²) in [7, 11) is 0. The van der Waals surface area contributed by atoms with Gasteiger partial charge in [-0.15, -0.1) is 6.58 Å². The molecule has 0 amide bonds. The Bertz CT molecular complexity index is 84.9. The van der Waals surface area contributed by atoms with Crippen molar-refractivity contribution in [1.82, 2.24) is 0 Å². The van der Waals surface area contributed by atoms with Crippen LogP contribution in [0.25, 0.3) is 0 Å². The molecule has 0 saturated carbocycles. The standard InChI is InChI=1S/C10H19S/c1-4-6-7-8-9-10(5-2)11-3/h4,10H,1-2,5-9H2,3H3. The molecule has 0 aromatic rings. The maximum absolute atomic E-state index is 3.91. The van der Waals surface area contributed by atoms with E-state index in [-0.39, 0.29) is 0 Å². The summed E-state index contributed by atoms with van der Waals surface area (Å²) in [6, 6.07) is 0. The lowest BCUT2D eigenvalue weighted by molar-refractivity contribution is 0.664. The average molecular weight is 171 g/mol. The molecule has 0 aromatic carbocycles. The minimum absolute atomic E-state index is 0.778. The zero-order valence-electron chi connectivity index (χ0n) is 7.51. The fraction of sp³-hybridized carbons (Fsp3) is 0.700. The lowest BCUT2D eigenvalue weighted by atomic mass is 10.1. The van der Waals surface area contributed by atoms with Crippen LogP contribution in [0.4, 0.5) is 0 Å². The highest BCUT2D eigenvalue weighted by Crippen LogP contribution is 2.17. The third-order valence-electron chi connectivity index (χ3n) is 1.84. The van der Waals surface area contributed by atoms with Crippen LogP contribution in [0.2, 0.25) is 0 Å². The van der Waals surface area contributed by atoms with Gasteiger partial charge >= 0.3 is 0 Å². The fourth-order valence-corrected chi connectivity index (χ4v) is 1.68. The van der Waals surface area contributed by atoms with Crippen LogP contribution in [0.3, 0.4) is 0 Å². The van der Waals surface area contributed by atoms with Crippen LogP contribution in [0.5, 0.6) is 0 Å². The smallest absolute Gasteiger partial charge is 0.00442 e. The van der Waals surface area contributed by atoms with E-state index in [1.807, 2.05) is 17.8 Å². The van der Waals surface area contributed by atoms with Crippen molar-refractivity contribution >= 4 is 11.8 Å². The highest BCUT2D eigenvalue weighted by molar-refractivity contribution is 7.99. The average Bonchev–Trinajstić information content (AvgIpc) is 2.05. The summed E-state index contributed by atoms with van der Waals surface area (Å²) in [6.45, 7) is 7.61. The molecule has 1 radical (unpaired) electrons. The van der Waals surface area contributed by atoms with E-state index < -0.39 is 0 Å². The van der Waals surface area contributed by atoms with Crippen LogP contribution >= 0.6 is 11.8 Å². The van der Waals surface area contributed by atoms with Crippen LogP contribution in [-0.4, -0.2) is 11.5 Å². The molecule has 0 aliphatic heterocycles. The lowest BCUT2D eigenvalue weighted by Crippen LogP contribution is -1.98. The summed E-state index contributed by atoms with van der Waals surface area (Å²) < 4.78 is 0. The molecule has 0 aliphatic carbocycles. The predicted molar refractivity (Wildman–Crippen MR) is 55.9 cm³/mol. The van der Waals surface area contributed by atoms with Gasteiger partial charge in [-0.25, -0.2) is 0 Å². The van der Waals surface area contributed by atoms with Gasteiger partial charge in [-0.3, -0.25) is 0 Å². The molecular formula is C10H19S. The fourth-order valence-electron chi connectivity index (χ4n) is 1.04. The maximum Gasteiger partial charge on any atom is 0.00442 e. The largest absolute Gasteiger partial charge is 0.162 e. The Hall–Kier alpha value is 0.0900. The van der Waals surface area contributed by atoms with Crippen LogP contribution in [0, 0.1) is 6.92 Å². The number of rotatable bonds is 7. The quantitative estimate of drug-likeness (QED) is 0.416. The summed E-state index contributed by atoms with van der Waals surface area (Å²) in [6.07, 6.45) is 10.3. The van der Waals surface area contributed by atoms with E-state index in [1.54, 1.807) is 0 Å². The van der Waals surface area contributed by atoms with Gasteiger partial charge in [-0.05, 0) is 31.9 Å². The summed E-state index contributed by atoms with van der Waals surface area (Å²) >= 11 is 1.94. The molecular weight excluding hydrogens is 152 g/mol. The van der Waals surface area contributed by atoms with E-state index >= 15 is 0 Å². The highest BCUT2D eigenvalue weighted by Gasteiger charge is 2.01. The first-order valence-corrected chi connectivity index (χ1v) is 5.56. The molecule has 0 heterocycles. The van der Waals surface area contributed by atoms with E-state index in [0.29, 0.717) is 0 Å². The van der Waals surface area contributed by atoms with Gasteiger partial charge in [0.2, 0.25) is 0 Å². The van der Waals surface area contributed by atoms with Crippen molar-refractivity contribution < 1.29 is 0 Å². The van der Waals surface area contributed by atoms with E-state index in [0.717, 1.165) is 18.1 Å². The number of thioether (sulfide) groups is 1. The van der Waals surface area contributed by atoms with Crippen LogP contribution in [0.15, 0.2) is 12.7 Å². The molecule has 0 nitrogen and oxygen atoms in total. The summed E-state index contributed by atoms with van der Waals surface area (Å²) in [5.41, 5.74) is 0. The zero-order chi connectivity index (χ0) is 8.53. The Morgan fingerprint density at radius 2 is 2.18 bits per heavy atom. The van der Waals surface area contributed by atoms with Crippen molar-refractivity contribution in [2.75, 3.05) is 6.26 Å². The molecule has 11 heavy (non-hydrogen) atoms. The Labute approximate surface area is 75.5 Å². The van der Waals surface area contributed by atoms with E-state index in [9.17, 15) is 0 Å². The van der Waals surface area contributed by atoms with Crippen molar-refractivity contribution in [2.45, 2.75) is 37.4 Å². The van der Waals surface area contributed by atoms with Gasteiger partial charge in [0, 0.05) is 5.25 Å². The number of allylic oxidation sites excluding steroid dienone is 1. The Morgan fingerprint density at radius 3 is 2.64 bits per heavy atom. The van der Waals surface area contributed by atoms with Gasteiger partial charge in [0.25, 0.3) is 0 Å². The van der Waals surface area contributed by atoms with E-state index in [1.165, 1.54) is 19.3 Å². The molecule has 0 bridgehead atoms. The molecule has 0 rings (SSSR count). The van der Waals surface area contributed by atoms with Gasteiger partial charge in [0.15, 0.2) is 0 Å². The van der Waals surface area contributed by atoms with Crippen molar-refractivity contribution in [3.8, 4) is 0 Å². The zero-order valence-corrected chi connectivity index (χ0v) is 8.33. The number of hydrogen-bond donors (Lipinski definition) is 0. The van der Waals surface area contributed by atoms with Gasteiger partial charge in [-0.1, -0.05) is 19.4 Å². The van der Waals surface area contributed by atoms with Gasteiger partial charge in [-0.2, -0.15) is 11.8 Å². The minimum atomic E-state index is 0.778. The first kappa shape index (κ1) is 11.1. The van der Waals surface area contributed by atoms with Crippen LogP contribution < -0.4 is 0 Å². The second kappa shape index (κ2) is 8.19. The van der Waals surface area contributed by atoms with Gasteiger partial charge < -0.3 is 0 Å². The topological polar surface area (TPSA) is 0 Å². The Morgan fingerprint density at radius 1 is 1.45 bits per heavy atom. The van der Waals surface area contributed by atoms with Gasteiger partial charge in [0.05, 0.1) is 0 Å². The Balaban J connectivity index is 3.13. The molecule has 0 aromatic heterocycles. The third kappa shape index (κ3) is 6.49. The van der Waals surface area contributed by atoms with Crippen LogP contribution in [-0.2, 0) is 0 Å². The van der Waals surface area contributed by atoms with Gasteiger partial charge in [0.1, 0.15) is 0 Å². The monoisotopic (exact) mass is 171 g/mol. The first-order valence-electron chi connectivity index (χ1n) is 4.28. The highest BCUT2D eigenvalue weighted by atomic mass is 32.2. The maximum atomic E-state index is 3.91. The van der Waals surface area contributed by atoms with Crippen molar-refractivity contribution in [2.24, 2.45) is 0 Å². The molecule has 0 aliphatic rings. The molecule has 0 spiro atoms. The molecule has 0 fully saturated rings. The molecule has 1 unspecified atom stereocenters. The normalized spacial score (nSPS) is 12.9. The van der Waals surface area contributed by atoms with Crippen molar-refractivity contribution in [3.05, 3.63) is 19.6 Å². The summed E-state index contributed by atoms with van der Waals surface area (Å²) in [5, 5.41) is 0.778. The molecule has 0 saturated heterocycles. The van der Waals surface area contributed by atoms with E-state index in [2.05, 4.69) is 19.8 Å². The summed E-state index contributed by atoms with van der Waals surface area (Å²) in [4.78, 5) is 0. The molecule has 1 heteroatoms. The molecule has 0 N–H and O–H groups in total. The first-order chi connectivity index (χ1) is 5.35. The predicted octanol–water partition coefficient (Wildman–Crippen LogP) is 3.69. The van der Waals surface area contributed by atoms with E-state index in [4.69, 9.17) is 0 Å².